The van der Waals surface area contributed by atoms with Gasteiger partial charge in [-0.1, -0.05) is 13.8 Å². The highest BCUT2D eigenvalue weighted by molar-refractivity contribution is 5.70. The molecule has 2 N–H and O–H groups in total. The summed E-state index contributed by atoms with van der Waals surface area (Å²) in [6.45, 7) is 5.82. The zero-order chi connectivity index (χ0) is 9.56. The predicted molar refractivity (Wildman–Crippen MR) is 45.1 cm³/mol. The maximum Gasteiger partial charge on any atom is 0.334 e. The zero-order valence-electron chi connectivity index (χ0n) is 7.87. The fourth-order valence-electron chi connectivity index (χ4n) is 1.04. The molecule has 4 heteroatoms. The van der Waals surface area contributed by atoms with Crippen molar-refractivity contribution in [1.29, 1.82) is 0 Å². The van der Waals surface area contributed by atoms with Crippen LogP contribution in [0.2, 0.25) is 0 Å². The second kappa shape index (κ2) is 5.97. The van der Waals surface area contributed by atoms with E-state index in [1.807, 2.05) is 6.92 Å². The van der Waals surface area contributed by atoms with Crippen molar-refractivity contribution in [2.75, 3.05) is 6.61 Å². The van der Waals surface area contributed by atoms with Crippen molar-refractivity contribution in [3.8, 4) is 0 Å². The van der Waals surface area contributed by atoms with Crippen molar-refractivity contribution >= 4 is 5.97 Å². The van der Waals surface area contributed by atoms with Crippen molar-refractivity contribution in [2.45, 2.75) is 33.3 Å². The lowest BCUT2D eigenvalue weighted by molar-refractivity contribution is -0.154. The van der Waals surface area contributed by atoms with E-state index in [2.05, 4.69) is 18.7 Å². The van der Waals surface area contributed by atoms with Crippen LogP contribution in [-0.2, 0) is 14.4 Å². The number of ether oxygens (including phenoxy) is 1. The average Bonchev–Trinajstić information content (AvgIpc) is 1.84. The number of hydrogen-bond donors (Lipinski definition) is 1. The average molecular weight is 175 g/mol. The third kappa shape index (κ3) is 6.12. The van der Waals surface area contributed by atoms with Crippen LogP contribution in [0.15, 0.2) is 0 Å². The molecule has 4 nitrogen and oxygen atoms in total. The Bertz CT molecular complexity index is 136. The van der Waals surface area contributed by atoms with E-state index in [0.29, 0.717) is 5.92 Å². The second-order valence-electron chi connectivity index (χ2n) is 3.24. The molecule has 0 rings (SSSR count). The summed E-state index contributed by atoms with van der Waals surface area (Å²) < 4.78 is 4.96. The summed E-state index contributed by atoms with van der Waals surface area (Å²) in [6.07, 6.45) is 0.795. The van der Waals surface area contributed by atoms with Gasteiger partial charge in [-0.05, 0) is 19.3 Å². The molecule has 0 aromatic carbocycles. The molecule has 0 saturated heterocycles. The van der Waals surface area contributed by atoms with Gasteiger partial charge in [0.15, 0.2) is 6.61 Å². The molecule has 12 heavy (non-hydrogen) atoms. The van der Waals surface area contributed by atoms with Gasteiger partial charge in [0.25, 0.3) is 0 Å². The second-order valence-corrected chi connectivity index (χ2v) is 3.24. The molecule has 0 saturated carbocycles. The van der Waals surface area contributed by atoms with E-state index < -0.39 is 5.97 Å². The zero-order valence-corrected chi connectivity index (χ0v) is 7.87. The minimum Gasteiger partial charge on any atom is -0.461 e. The maximum atomic E-state index is 10.8. The van der Waals surface area contributed by atoms with Crippen LogP contribution in [0.4, 0.5) is 0 Å². The van der Waals surface area contributed by atoms with E-state index in [1.54, 1.807) is 0 Å². The molecule has 1 unspecified atom stereocenters. The van der Waals surface area contributed by atoms with Gasteiger partial charge in [0.1, 0.15) is 0 Å². The van der Waals surface area contributed by atoms with E-state index in [-0.39, 0.29) is 12.7 Å². The van der Waals surface area contributed by atoms with Gasteiger partial charge < -0.3 is 4.74 Å². The van der Waals surface area contributed by atoms with Crippen molar-refractivity contribution in [3.05, 3.63) is 0 Å². The highest BCUT2D eigenvalue weighted by atomic mass is 16.6. The van der Waals surface area contributed by atoms with Crippen LogP contribution in [0, 0.1) is 5.92 Å². The van der Waals surface area contributed by atoms with Gasteiger partial charge in [-0.25, -0.2) is 10.7 Å². The summed E-state index contributed by atoms with van der Waals surface area (Å²) in [7, 11) is 0. The SMILES string of the molecule is CC(C)CC(C)OC(=O)CON. The molecule has 0 bridgehead atoms. The molecular formula is C8H17NO3. The normalized spacial score (nSPS) is 13.1. The first kappa shape index (κ1) is 11.4. The quantitative estimate of drug-likeness (QED) is 0.497. The third-order valence-corrected chi connectivity index (χ3v) is 1.34. The Morgan fingerprint density at radius 2 is 2.00 bits per heavy atom. The smallest absolute Gasteiger partial charge is 0.334 e. The summed E-state index contributed by atoms with van der Waals surface area (Å²) in [5, 5.41) is 0. The van der Waals surface area contributed by atoms with Crippen LogP contribution >= 0.6 is 0 Å². The standard InChI is InChI=1S/C8H17NO3/c1-6(2)4-7(3)12-8(10)5-11-9/h6-7H,4-5,9H2,1-3H3. The van der Waals surface area contributed by atoms with Crippen LogP contribution in [0.25, 0.3) is 0 Å². The number of rotatable bonds is 5. The van der Waals surface area contributed by atoms with Gasteiger partial charge in [0.2, 0.25) is 0 Å². The minimum absolute atomic E-state index is 0.0624. The molecule has 0 aromatic heterocycles. The lowest BCUT2D eigenvalue weighted by atomic mass is 10.1. The fraction of sp³-hybridized carbons (Fsp3) is 0.875. The van der Waals surface area contributed by atoms with Gasteiger partial charge in [0, 0.05) is 0 Å². The molecule has 0 fully saturated rings. The molecule has 0 spiro atoms. The predicted octanol–water partition coefficient (Wildman–Crippen LogP) is 0.855. The first-order chi connectivity index (χ1) is 5.56. The Kier molecular flexibility index (Phi) is 5.66. The number of nitrogens with two attached hydrogens (primary N) is 1. The topological polar surface area (TPSA) is 61.5 Å². The summed E-state index contributed by atoms with van der Waals surface area (Å²) in [4.78, 5) is 14.9. The van der Waals surface area contributed by atoms with Crippen molar-refractivity contribution in [3.63, 3.8) is 0 Å². The molecule has 0 amide bonds. The van der Waals surface area contributed by atoms with Gasteiger partial charge in [-0.3, -0.25) is 4.84 Å². The minimum atomic E-state index is -0.411. The number of esters is 1. The highest BCUT2D eigenvalue weighted by Crippen LogP contribution is 2.07. The highest BCUT2D eigenvalue weighted by Gasteiger charge is 2.10. The lowest BCUT2D eigenvalue weighted by Crippen LogP contribution is -2.21. The Morgan fingerprint density at radius 1 is 1.42 bits per heavy atom. The molecule has 0 aliphatic carbocycles. The van der Waals surface area contributed by atoms with E-state index >= 15 is 0 Å². The Hall–Kier alpha value is -0.610. The van der Waals surface area contributed by atoms with Gasteiger partial charge in [-0.2, -0.15) is 0 Å². The van der Waals surface area contributed by atoms with Crippen LogP contribution in [0.3, 0.4) is 0 Å². The van der Waals surface area contributed by atoms with E-state index in [1.165, 1.54) is 0 Å². The monoisotopic (exact) mass is 175 g/mol. The summed E-state index contributed by atoms with van der Waals surface area (Å²) in [6, 6.07) is 0. The number of hydrogen-bond acceptors (Lipinski definition) is 4. The van der Waals surface area contributed by atoms with Crippen LogP contribution in [0.5, 0.6) is 0 Å². The lowest BCUT2D eigenvalue weighted by Gasteiger charge is -2.14. The molecule has 0 aliphatic heterocycles. The fourth-order valence-corrected chi connectivity index (χ4v) is 1.04. The largest absolute Gasteiger partial charge is 0.461 e. The molecule has 0 aliphatic rings. The van der Waals surface area contributed by atoms with Crippen molar-refractivity contribution in [2.24, 2.45) is 11.8 Å². The Labute approximate surface area is 73.0 Å². The van der Waals surface area contributed by atoms with E-state index in [9.17, 15) is 4.79 Å². The number of carbonyl (C=O) groups is 1. The Balaban J connectivity index is 3.54. The molecule has 0 radical (unpaired) electrons. The van der Waals surface area contributed by atoms with Gasteiger partial charge in [-0.15, -0.1) is 0 Å². The molecular weight excluding hydrogens is 158 g/mol. The third-order valence-electron chi connectivity index (χ3n) is 1.34. The first-order valence-electron chi connectivity index (χ1n) is 4.07. The molecule has 1 atom stereocenters. The molecule has 0 heterocycles. The summed E-state index contributed by atoms with van der Waals surface area (Å²) in [5.74, 6) is 4.81. The summed E-state index contributed by atoms with van der Waals surface area (Å²) in [5.41, 5.74) is 0. The van der Waals surface area contributed by atoms with Crippen LogP contribution < -0.4 is 5.90 Å². The van der Waals surface area contributed by atoms with E-state index in [0.717, 1.165) is 6.42 Å². The summed E-state index contributed by atoms with van der Waals surface area (Å²) >= 11 is 0. The number of carbonyl (C=O) groups excluding carboxylic acids is 1. The molecule has 0 aromatic rings. The van der Waals surface area contributed by atoms with E-state index in [4.69, 9.17) is 10.6 Å². The van der Waals surface area contributed by atoms with Crippen molar-refractivity contribution in [1.82, 2.24) is 0 Å². The van der Waals surface area contributed by atoms with Crippen LogP contribution in [-0.4, -0.2) is 18.7 Å². The first-order valence-corrected chi connectivity index (χ1v) is 4.07. The van der Waals surface area contributed by atoms with Crippen LogP contribution in [0.1, 0.15) is 27.2 Å². The van der Waals surface area contributed by atoms with Gasteiger partial charge >= 0.3 is 5.97 Å². The molecule has 72 valence electrons. The Morgan fingerprint density at radius 3 is 2.42 bits per heavy atom. The maximum absolute atomic E-state index is 10.8. The van der Waals surface area contributed by atoms with Crippen molar-refractivity contribution < 1.29 is 14.4 Å². The van der Waals surface area contributed by atoms with Gasteiger partial charge in [0.05, 0.1) is 6.10 Å².